The van der Waals surface area contributed by atoms with Gasteiger partial charge in [-0.1, -0.05) is 151 Å². The van der Waals surface area contributed by atoms with Crippen LogP contribution >= 0.6 is 0 Å². The van der Waals surface area contributed by atoms with Crippen LogP contribution in [0, 0.1) is 13.8 Å². The summed E-state index contributed by atoms with van der Waals surface area (Å²) in [5, 5.41) is 0. The van der Waals surface area contributed by atoms with Gasteiger partial charge >= 0.3 is 0 Å². The molecule has 0 N–H and O–H groups in total. The SMILES string of the molecule is CCCCCCCCC1(CCCCCCCC)c2cc(N(c3ccc(C)cc3)c3ccc4c(c3)CC4)ccc2-c2ccc(N(c3ccc(C)cc3)c3ccc4c(c3)CC4)cc21. The minimum absolute atomic E-state index is 0.0645. The zero-order valence-electron chi connectivity index (χ0n) is 37.7. The van der Waals surface area contributed by atoms with Gasteiger partial charge in [-0.25, -0.2) is 0 Å². The fourth-order valence-electron chi connectivity index (χ4n) is 10.8. The Balaban J connectivity index is 1.19. The molecule has 0 aromatic heterocycles. The van der Waals surface area contributed by atoms with E-state index < -0.39 is 0 Å². The number of unbranched alkanes of at least 4 members (excludes halogenated alkanes) is 10. The van der Waals surface area contributed by atoms with Crippen LogP contribution in [0.5, 0.6) is 0 Å². The van der Waals surface area contributed by atoms with Gasteiger partial charge in [0.15, 0.2) is 0 Å². The highest BCUT2D eigenvalue weighted by Crippen LogP contribution is 2.57. The summed E-state index contributed by atoms with van der Waals surface area (Å²) in [6.07, 6.45) is 22.9. The van der Waals surface area contributed by atoms with Gasteiger partial charge in [0, 0.05) is 39.5 Å². The Morgan fingerprint density at radius 1 is 0.361 bits per heavy atom. The van der Waals surface area contributed by atoms with Crippen LogP contribution in [0.3, 0.4) is 0 Å². The van der Waals surface area contributed by atoms with E-state index >= 15 is 0 Å². The fourth-order valence-corrected chi connectivity index (χ4v) is 10.8. The molecule has 3 aliphatic carbocycles. The monoisotopic (exact) mass is 805 g/mol. The Hall–Kier alpha value is -5.08. The number of fused-ring (bicyclic) bond motifs is 5. The van der Waals surface area contributed by atoms with E-state index in [1.165, 1.54) is 194 Å². The van der Waals surface area contributed by atoms with Crippen LogP contribution in [0.15, 0.2) is 121 Å². The summed E-state index contributed by atoms with van der Waals surface area (Å²) in [4.78, 5) is 5.08. The zero-order valence-corrected chi connectivity index (χ0v) is 37.7. The van der Waals surface area contributed by atoms with E-state index in [2.05, 4.69) is 159 Å². The van der Waals surface area contributed by atoms with Crippen molar-refractivity contribution in [2.45, 2.75) is 149 Å². The summed E-state index contributed by atoms with van der Waals surface area (Å²) < 4.78 is 0. The lowest BCUT2D eigenvalue weighted by Gasteiger charge is -2.35. The van der Waals surface area contributed by atoms with Crippen molar-refractivity contribution in [1.29, 1.82) is 0 Å². The second-order valence-corrected chi connectivity index (χ2v) is 18.8. The molecule has 0 heterocycles. The Morgan fingerprint density at radius 2 is 0.705 bits per heavy atom. The minimum atomic E-state index is -0.0645. The lowest BCUT2D eigenvalue weighted by atomic mass is 9.70. The molecule has 0 saturated carbocycles. The van der Waals surface area contributed by atoms with Gasteiger partial charge in [-0.2, -0.15) is 0 Å². The topological polar surface area (TPSA) is 6.48 Å². The molecule has 0 saturated heterocycles. The predicted molar refractivity (Wildman–Crippen MR) is 262 cm³/mol. The van der Waals surface area contributed by atoms with Crippen molar-refractivity contribution in [1.82, 2.24) is 0 Å². The molecule has 314 valence electrons. The molecule has 0 radical (unpaired) electrons. The molecule has 2 nitrogen and oxygen atoms in total. The average molecular weight is 805 g/mol. The van der Waals surface area contributed by atoms with Crippen molar-refractivity contribution in [3.63, 3.8) is 0 Å². The van der Waals surface area contributed by atoms with Crippen molar-refractivity contribution in [3.05, 3.63) is 166 Å². The van der Waals surface area contributed by atoms with Crippen LogP contribution < -0.4 is 9.80 Å². The van der Waals surface area contributed by atoms with Gasteiger partial charge < -0.3 is 9.80 Å². The molecule has 3 aliphatic rings. The standard InChI is InChI=1S/C59H68N2/c1-5-7-9-11-13-15-37-59(38-16-14-12-10-8-6-2)57-41-53(60(49-27-17-43(3)18-28-49)51-31-25-45-21-23-47(45)39-51)33-35-55(57)56-36-34-54(42-58(56)59)61(50-29-19-44(4)20-30-50)52-32-26-46-22-24-48(46)40-52/h17-20,25-36,39-42H,5-16,21-24,37-38H2,1-4H3. The normalized spacial score (nSPS) is 14.0. The van der Waals surface area contributed by atoms with Crippen LogP contribution in [0.1, 0.15) is 148 Å². The Bertz CT molecular complexity index is 2260. The third kappa shape index (κ3) is 8.45. The van der Waals surface area contributed by atoms with Gasteiger partial charge in [-0.05, 0) is 170 Å². The van der Waals surface area contributed by atoms with E-state index in [-0.39, 0.29) is 5.41 Å². The van der Waals surface area contributed by atoms with E-state index in [9.17, 15) is 0 Å². The molecule has 0 bridgehead atoms. The first kappa shape index (κ1) is 41.3. The first-order valence-electron chi connectivity index (χ1n) is 24.2. The largest absolute Gasteiger partial charge is 0.310 e. The number of hydrogen-bond acceptors (Lipinski definition) is 2. The number of benzene rings is 6. The van der Waals surface area contributed by atoms with E-state index in [0.717, 1.165) is 0 Å². The molecule has 61 heavy (non-hydrogen) atoms. The zero-order chi connectivity index (χ0) is 41.8. The van der Waals surface area contributed by atoms with Gasteiger partial charge in [0.25, 0.3) is 0 Å². The number of rotatable bonds is 20. The van der Waals surface area contributed by atoms with Gasteiger partial charge in [0.05, 0.1) is 0 Å². The van der Waals surface area contributed by atoms with Crippen LogP contribution in [0.4, 0.5) is 34.1 Å². The summed E-state index contributed by atoms with van der Waals surface area (Å²) in [5.74, 6) is 0. The van der Waals surface area contributed by atoms with Crippen molar-refractivity contribution in [3.8, 4) is 11.1 Å². The van der Waals surface area contributed by atoms with E-state index in [4.69, 9.17) is 0 Å². The first-order chi connectivity index (χ1) is 30.0. The van der Waals surface area contributed by atoms with Crippen molar-refractivity contribution in [2.24, 2.45) is 0 Å². The predicted octanol–water partition coefficient (Wildman–Crippen LogP) is 17.2. The second-order valence-electron chi connectivity index (χ2n) is 18.8. The molecule has 0 amide bonds. The molecular weight excluding hydrogens is 737 g/mol. The number of hydrogen-bond donors (Lipinski definition) is 0. The molecule has 0 fully saturated rings. The smallest absolute Gasteiger partial charge is 0.0465 e. The molecular formula is C59H68N2. The van der Waals surface area contributed by atoms with Gasteiger partial charge in [0.1, 0.15) is 0 Å². The van der Waals surface area contributed by atoms with Crippen molar-refractivity contribution < 1.29 is 0 Å². The molecule has 6 aromatic carbocycles. The van der Waals surface area contributed by atoms with Crippen LogP contribution in [-0.2, 0) is 31.1 Å². The Kier molecular flexibility index (Phi) is 12.5. The molecule has 0 spiro atoms. The fraction of sp³-hybridized carbons (Fsp3) is 0.390. The highest BCUT2D eigenvalue weighted by Gasteiger charge is 2.43. The third-order valence-electron chi connectivity index (χ3n) is 14.6. The summed E-state index contributed by atoms with van der Waals surface area (Å²) in [6, 6.07) is 47.9. The van der Waals surface area contributed by atoms with Gasteiger partial charge in [0.2, 0.25) is 0 Å². The molecule has 2 heteroatoms. The maximum atomic E-state index is 2.64. The highest BCUT2D eigenvalue weighted by molar-refractivity contribution is 5.89. The quantitative estimate of drug-likeness (QED) is 0.0709. The minimum Gasteiger partial charge on any atom is -0.310 e. The number of anilines is 6. The molecule has 0 atom stereocenters. The van der Waals surface area contributed by atoms with E-state index in [1.807, 2.05) is 0 Å². The highest BCUT2D eigenvalue weighted by atomic mass is 15.1. The molecule has 0 unspecified atom stereocenters. The molecule has 0 aliphatic heterocycles. The number of aryl methyl sites for hydroxylation is 6. The Morgan fingerprint density at radius 3 is 1.08 bits per heavy atom. The van der Waals surface area contributed by atoms with Crippen molar-refractivity contribution in [2.75, 3.05) is 9.80 Å². The average Bonchev–Trinajstić information content (AvgIpc) is 3.52. The van der Waals surface area contributed by atoms with Gasteiger partial charge in [-0.3, -0.25) is 0 Å². The summed E-state index contributed by atoms with van der Waals surface area (Å²) in [5.41, 5.74) is 22.0. The lowest BCUT2D eigenvalue weighted by Crippen LogP contribution is -2.26. The van der Waals surface area contributed by atoms with E-state index in [1.54, 1.807) is 11.1 Å². The maximum Gasteiger partial charge on any atom is 0.0465 e. The summed E-state index contributed by atoms with van der Waals surface area (Å²) in [7, 11) is 0. The molecule has 9 rings (SSSR count). The van der Waals surface area contributed by atoms with Gasteiger partial charge in [-0.15, -0.1) is 0 Å². The lowest BCUT2D eigenvalue weighted by molar-refractivity contribution is 0.398. The third-order valence-corrected chi connectivity index (χ3v) is 14.6. The summed E-state index contributed by atoms with van der Waals surface area (Å²) >= 11 is 0. The Labute approximate surface area is 368 Å². The number of nitrogens with zero attached hydrogens (tertiary/aromatic N) is 2. The second kappa shape index (κ2) is 18.5. The first-order valence-corrected chi connectivity index (χ1v) is 24.2. The molecule has 6 aromatic rings. The van der Waals surface area contributed by atoms with Crippen molar-refractivity contribution >= 4 is 34.1 Å². The van der Waals surface area contributed by atoms with Crippen LogP contribution in [0.2, 0.25) is 0 Å². The summed E-state index contributed by atoms with van der Waals surface area (Å²) in [6.45, 7) is 9.06. The van der Waals surface area contributed by atoms with E-state index in [0.29, 0.717) is 0 Å². The van der Waals surface area contributed by atoms with Crippen LogP contribution in [0.25, 0.3) is 11.1 Å². The maximum absolute atomic E-state index is 2.64. The van der Waals surface area contributed by atoms with Crippen LogP contribution in [-0.4, -0.2) is 0 Å².